The molecule has 1 aliphatic rings. The number of hydrogen-bond donors (Lipinski definition) is 3. The van der Waals surface area contributed by atoms with Gasteiger partial charge in [0.15, 0.2) is 0 Å². The van der Waals surface area contributed by atoms with E-state index in [1.165, 1.54) is 6.42 Å². The molecule has 1 aromatic carbocycles. The first kappa shape index (κ1) is 14.8. The van der Waals surface area contributed by atoms with Crippen molar-refractivity contribution >= 4 is 34.9 Å². The number of carbonyl (C=O) groups is 1. The van der Waals surface area contributed by atoms with Gasteiger partial charge in [0.1, 0.15) is 0 Å². The van der Waals surface area contributed by atoms with E-state index in [1.807, 2.05) is 18.2 Å². The fraction of sp³-hybridized carbons (Fsp3) is 0.429. The number of nitrogens with one attached hydrogen (secondary N) is 3. The average Bonchev–Trinajstić information content (AvgIpc) is 3.08. The quantitative estimate of drug-likeness (QED) is 0.810. The number of rotatable bonds is 4. The van der Waals surface area contributed by atoms with Crippen molar-refractivity contribution < 1.29 is 4.79 Å². The Labute approximate surface area is 123 Å². The third-order valence-corrected chi connectivity index (χ3v) is 3.69. The van der Waals surface area contributed by atoms with Gasteiger partial charge in [0, 0.05) is 11.8 Å². The molecule has 0 aliphatic carbocycles. The minimum atomic E-state index is 0. The van der Waals surface area contributed by atoms with Crippen LogP contribution in [0.1, 0.15) is 19.3 Å². The Morgan fingerprint density at radius 3 is 3.15 bits per heavy atom. The molecule has 1 unspecified atom stereocenters. The number of anilines is 1. The van der Waals surface area contributed by atoms with E-state index in [2.05, 4.69) is 20.8 Å². The SMILES string of the molecule is Cl.O=C(CCC1CCNC1)Nc1cccc2cn[nH]c12. The van der Waals surface area contributed by atoms with E-state index in [9.17, 15) is 4.79 Å². The molecule has 1 amide bonds. The molecule has 1 fully saturated rings. The van der Waals surface area contributed by atoms with Crippen LogP contribution in [-0.4, -0.2) is 29.2 Å². The highest BCUT2D eigenvalue weighted by Gasteiger charge is 2.16. The largest absolute Gasteiger partial charge is 0.324 e. The fourth-order valence-electron chi connectivity index (χ4n) is 2.58. The first-order valence-corrected chi connectivity index (χ1v) is 6.75. The van der Waals surface area contributed by atoms with E-state index in [1.54, 1.807) is 6.20 Å². The van der Waals surface area contributed by atoms with E-state index in [-0.39, 0.29) is 18.3 Å². The number of aromatic amines is 1. The van der Waals surface area contributed by atoms with Crippen LogP contribution in [0.25, 0.3) is 10.9 Å². The van der Waals surface area contributed by atoms with Gasteiger partial charge in [-0.25, -0.2) is 0 Å². The standard InChI is InChI=1S/C14H18N4O.ClH/c19-13(5-4-10-6-7-15-8-10)17-12-3-1-2-11-9-16-18-14(11)12;/h1-3,9-10,15H,4-8H2,(H,16,18)(H,17,19);1H. The molecular formula is C14H19ClN4O. The molecule has 3 rings (SSSR count). The van der Waals surface area contributed by atoms with Crippen LogP contribution in [0.2, 0.25) is 0 Å². The minimum Gasteiger partial charge on any atom is -0.324 e. The molecule has 1 atom stereocenters. The Balaban J connectivity index is 0.00000147. The molecule has 1 aromatic heterocycles. The Kier molecular flexibility index (Phi) is 4.98. The lowest BCUT2D eigenvalue weighted by Crippen LogP contribution is -2.15. The third kappa shape index (κ3) is 3.29. The van der Waals surface area contributed by atoms with Crippen LogP contribution < -0.4 is 10.6 Å². The van der Waals surface area contributed by atoms with Crippen LogP contribution in [0.5, 0.6) is 0 Å². The first-order chi connectivity index (χ1) is 9.33. The van der Waals surface area contributed by atoms with E-state index in [0.717, 1.165) is 36.1 Å². The molecule has 0 saturated carbocycles. The van der Waals surface area contributed by atoms with Gasteiger partial charge in [-0.05, 0) is 37.9 Å². The van der Waals surface area contributed by atoms with Crippen LogP contribution in [-0.2, 0) is 4.79 Å². The highest BCUT2D eigenvalue weighted by molar-refractivity contribution is 6.00. The van der Waals surface area contributed by atoms with Crippen LogP contribution in [0.15, 0.2) is 24.4 Å². The van der Waals surface area contributed by atoms with Gasteiger partial charge in [0.05, 0.1) is 17.4 Å². The zero-order valence-electron chi connectivity index (χ0n) is 11.2. The van der Waals surface area contributed by atoms with Crippen LogP contribution >= 0.6 is 12.4 Å². The molecule has 3 N–H and O–H groups in total. The van der Waals surface area contributed by atoms with Gasteiger partial charge in [-0.2, -0.15) is 5.10 Å². The minimum absolute atomic E-state index is 0. The summed E-state index contributed by atoms with van der Waals surface area (Å²) < 4.78 is 0. The summed E-state index contributed by atoms with van der Waals surface area (Å²) in [6, 6.07) is 5.79. The number of aromatic nitrogens is 2. The molecule has 20 heavy (non-hydrogen) atoms. The van der Waals surface area contributed by atoms with E-state index in [4.69, 9.17) is 0 Å². The van der Waals surface area contributed by atoms with Crippen molar-refractivity contribution in [3.05, 3.63) is 24.4 Å². The summed E-state index contributed by atoms with van der Waals surface area (Å²) in [5.74, 6) is 0.725. The smallest absolute Gasteiger partial charge is 0.224 e. The van der Waals surface area contributed by atoms with Crippen molar-refractivity contribution in [2.45, 2.75) is 19.3 Å². The summed E-state index contributed by atoms with van der Waals surface area (Å²) in [5, 5.41) is 14.2. The number of fused-ring (bicyclic) bond motifs is 1. The number of benzene rings is 1. The highest BCUT2D eigenvalue weighted by atomic mass is 35.5. The zero-order chi connectivity index (χ0) is 13.1. The van der Waals surface area contributed by atoms with Gasteiger partial charge >= 0.3 is 0 Å². The topological polar surface area (TPSA) is 69.8 Å². The van der Waals surface area contributed by atoms with Crippen molar-refractivity contribution in [3.8, 4) is 0 Å². The molecular weight excluding hydrogens is 276 g/mol. The predicted octanol–water partition coefficient (Wildman–Crippen LogP) is 2.31. The number of nitrogens with zero attached hydrogens (tertiary/aromatic N) is 1. The molecule has 0 radical (unpaired) electrons. The predicted molar refractivity (Wildman–Crippen MR) is 82.2 cm³/mol. The summed E-state index contributed by atoms with van der Waals surface area (Å²) in [6.45, 7) is 2.13. The zero-order valence-corrected chi connectivity index (χ0v) is 12.0. The van der Waals surface area contributed by atoms with Crippen molar-refractivity contribution in [2.24, 2.45) is 5.92 Å². The maximum Gasteiger partial charge on any atom is 0.224 e. The molecule has 1 saturated heterocycles. The Morgan fingerprint density at radius 2 is 2.35 bits per heavy atom. The van der Waals surface area contributed by atoms with Gasteiger partial charge in [0.2, 0.25) is 5.91 Å². The first-order valence-electron chi connectivity index (χ1n) is 6.75. The fourth-order valence-corrected chi connectivity index (χ4v) is 2.58. The average molecular weight is 295 g/mol. The number of hydrogen-bond acceptors (Lipinski definition) is 3. The summed E-state index contributed by atoms with van der Waals surface area (Å²) in [7, 11) is 0. The third-order valence-electron chi connectivity index (χ3n) is 3.69. The summed E-state index contributed by atoms with van der Waals surface area (Å²) >= 11 is 0. The molecule has 2 aromatic rings. The van der Waals surface area contributed by atoms with Crippen LogP contribution in [0, 0.1) is 5.92 Å². The Bertz CT molecular complexity index is 577. The molecule has 0 spiro atoms. The maximum atomic E-state index is 12.0. The lowest BCUT2D eigenvalue weighted by atomic mass is 10.0. The second kappa shape index (κ2) is 6.72. The lowest BCUT2D eigenvalue weighted by molar-refractivity contribution is -0.116. The van der Waals surface area contributed by atoms with E-state index >= 15 is 0 Å². The molecule has 2 heterocycles. The lowest BCUT2D eigenvalue weighted by Gasteiger charge is -2.09. The van der Waals surface area contributed by atoms with Gasteiger partial charge < -0.3 is 10.6 Å². The van der Waals surface area contributed by atoms with Crippen molar-refractivity contribution in [1.82, 2.24) is 15.5 Å². The van der Waals surface area contributed by atoms with Crippen LogP contribution in [0.4, 0.5) is 5.69 Å². The molecule has 108 valence electrons. The number of H-pyrrole nitrogens is 1. The molecule has 5 nitrogen and oxygen atoms in total. The number of amides is 1. The molecule has 1 aliphatic heterocycles. The van der Waals surface area contributed by atoms with Gasteiger partial charge in [-0.15, -0.1) is 12.4 Å². The summed E-state index contributed by atoms with van der Waals surface area (Å²) in [6.07, 6.45) is 4.48. The molecule has 6 heteroatoms. The van der Waals surface area contributed by atoms with Gasteiger partial charge in [-0.1, -0.05) is 12.1 Å². The number of halogens is 1. The van der Waals surface area contributed by atoms with Gasteiger partial charge in [0.25, 0.3) is 0 Å². The number of para-hydroxylation sites is 1. The normalized spacial score (nSPS) is 17.9. The second-order valence-corrected chi connectivity index (χ2v) is 5.09. The second-order valence-electron chi connectivity index (χ2n) is 5.09. The van der Waals surface area contributed by atoms with E-state index < -0.39 is 0 Å². The van der Waals surface area contributed by atoms with Crippen molar-refractivity contribution in [1.29, 1.82) is 0 Å². The molecule has 0 bridgehead atoms. The Hall–Kier alpha value is -1.59. The Morgan fingerprint density at radius 1 is 1.45 bits per heavy atom. The van der Waals surface area contributed by atoms with Gasteiger partial charge in [-0.3, -0.25) is 9.89 Å². The highest BCUT2D eigenvalue weighted by Crippen LogP contribution is 2.21. The number of carbonyl (C=O) groups excluding carboxylic acids is 1. The van der Waals surface area contributed by atoms with E-state index in [0.29, 0.717) is 12.3 Å². The monoisotopic (exact) mass is 294 g/mol. The maximum absolute atomic E-state index is 12.0. The summed E-state index contributed by atoms with van der Waals surface area (Å²) in [5.41, 5.74) is 1.70. The van der Waals surface area contributed by atoms with Crippen molar-refractivity contribution in [2.75, 3.05) is 18.4 Å². The van der Waals surface area contributed by atoms with Crippen molar-refractivity contribution in [3.63, 3.8) is 0 Å². The van der Waals surface area contributed by atoms with Crippen LogP contribution in [0.3, 0.4) is 0 Å². The summed E-state index contributed by atoms with van der Waals surface area (Å²) in [4.78, 5) is 12.0.